The molecular weight excluding hydrogens is 330 g/mol. The zero-order chi connectivity index (χ0) is 17.4. The zero-order valence-corrected chi connectivity index (χ0v) is 13.6. The van der Waals surface area contributed by atoms with Gasteiger partial charge in [0, 0.05) is 42.2 Å². The van der Waals surface area contributed by atoms with Crippen molar-refractivity contribution in [2.75, 3.05) is 11.9 Å². The van der Waals surface area contributed by atoms with Crippen LogP contribution in [0.1, 0.15) is 28.2 Å². The molecule has 2 aromatic rings. The number of benzene rings is 1. The van der Waals surface area contributed by atoms with Gasteiger partial charge in [0.05, 0.1) is 11.4 Å². The van der Waals surface area contributed by atoms with E-state index < -0.39 is 5.97 Å². The van der Waals surface area contributed by atoms with Gasteiger partial charge in [-0.3, -0.25) is 14.4 Å². The van der Waals surface area contributed by atoms with Crippen LogP contribution in [0.15, 0.2) is 35.8 Å². The second-order valence-electron chi connectivity index (χ2n) is 4.95. The summed E-state index contributed by atoms with van der Waals surface area (Å²) in [6, 6.07) is 6.42. The minimum absolute atomic E-state index is 0.0728. The van der Waals surface area contributed by atoms with Gasteiger partial charge in [-0.1, -0.05) is 0 Å². The highest BCUT2D eigenvalue weighted by Gasteiger charge is 2.08. The van der Waals surface area contributed by atoms with E-state index in [-0.39, 0.29) is 24.8 Å². The molecule has 0 fully saturated rings. The normalized spacial score (nSPS) is 10.2. The molecule has 3 N–H and O–H groups in total. The van der Waals surface area contributed by atoms with E-state index in [2.05, 4.69) is 15.6 Å². The molecule has 0 unspecified atom stereocenters. The van der Waals surface area contributed by atoms with Crippen LogP contribution in [0.25, 0.3) is 0 Å². The average molecular weight is 347 g/mol. The van der Waals surface area contributed by atoms with E-state index in [1.54, 1.807) is 30.5 Å². The van der Waals surface area contributed by atoms with Crippen LogP contribution in [0.3, 0.4) is 0 Å². The number of rotatable bonds is 8. The second kappa shape index (κ2) is 8.78. The molecule has 1 heterocycles. The molecule has 1 aromatic heterocycles. The fraction of sp³-hybridized carbons (Fsp3) is 0.250. The van der Waals surface area contributed by atoms with Gasteiger partial charge in [0.1, 0.15) is 0 Å². The van der Waals surface area contributed by atoms with E-state index >= 15 is 0 Å². The number of nitrogens with zero attached hydrogens (tertiary/aromatic N) is 1. The molecule has 8 heteroatoms. The summed E-state index contributed by atoms with van der Waals surface area (Å²) in [5.41, 5.74) is 1.00. The Morgan fingerprint density at radius 1 is 1.12 bits per heavy atom. The third-order valence-electron chi connectivity index (χ3n) is 3.10. The summed E-state index contributed by atoms with van der Waals surface area (Å²) in [4.78, 5) is 38.2. The van der Waals surface area contributed by atoms with Gasteiger partial charge in [0.2, 0.25) is 5.91 Å². The summed E-state index contributed by atoms with van der Waals surface area (Å²) in [6.07, 6.45) is 2.51. The van der Waals surface area contributed by atoms with Crippen LogP contribution < -0.4 is 10.6 Å². The summed E-state index contributed by atoms with van der Waals surface area (Å²) < 4.78 is 0. The van der Waals surface area contributed by atoms with Gasteiger partial charge in [-0.25, -0.2) is 4.98 Å². The Morgan fingerprint density at radius 2 is 1.88 bits per heavy atom. The van der Waals surface area contributed by atoms with Crippen LogP contribution >= 0.6 is 11.3 Å². The number of hydrogen-bond acceptors (Lipinski definition) is 5. The number of aliphatic carboxylic acids is 1. The predicted octanol–water partition coefficient (Wildman–Crippen LogP) is 1.92. The van der Waals surface area contributed by atoms with Crippen LogP contribution in [0, 0.1) is 0 Å². The van der Waals surface area contributed by atoms with Gasteiger partial charge >= 0.3 is 5.97 Å². The number of carbonyl (C=O) groups excluding carboxylic acids is 2. The Morgan fingerprint density at radius 3 is 2.50 bits per heavy atom. The van der Waals surface area contributed by atoms with Crippen molar-refractivity contribution in [2.24, 2.45) is 0 Å². The summed E-state index contributed by atoms with van der Waals surface area (Å²) in [5.74, 6) is -1.44. The third kappa shape index (κ3) is 5.81. The Bertz CT molecular complexity index is 699. The highest BCUT2D eigenvalue weighted by Crippen LogP contribution is 2.12. The van der Waals surface area contributed by atoms with E-state index in [0.717, 1.165) is 5.01 Å². The smallest absolute Gasteiger partial charge is 0.305 e. The number of amides is 2. The van der Waals surface area contributed by atoms with E-state index in [4.69, 9.17) is 5.11 Å². The van der Waals surface area contributed by atoms with Crippen molar-refractivity contribution < 1.29 is 19.5 Å². The number of aromatic nitrogens is 1. The molecule has 0 aliphatic carbocycles. The molecule has 7 nitrogen and oxygen atoms in total. The van der Waals surface area contributed by atoms with Gasteiger partial charge in [0.15, 0.2) is 0 Å². The number of hydrogen-bond donors (Lipinski definition) is 3. The molecule has 0 atom stereocenters. The van der Waals surface area contributed by atoms with Gasteiger partial charge in [0.25, 0.3) is 5.91 Å². The van der Waals surface area contributed by atoms with Crippen LogP contribution in [0.4, 0.5) is 5.69 Å². The summed E-state index contributed by atoms with van der Waals surface area (Å²) in [5, 5.41) is 16.6. The summed E-state index contributed by atoms with van der Waals surface area (Å²) in [7, 11) is 0. The SMILES string of the molecule is O=C(O)CCNC(=O)c1ccc(NC(=O)CCc2nccs2)cc1. The largest absolute Gasteiger partial charge is 0.481 e. The van der Waals surface area contributed by atoms with Gasteiger partial charge < -0.3 is 15.7 Å². The number of carboxylic acids is 1. The van der Waals surface area contributed by atoms with Gasteiger partial charge in [-0.2, -0.15) is 0 Å². The number of carbonyl (C=O) groups is 3. The van der Waals surface area contributed by atoms with Crippen molar-refractivity contribution >= 4 is 34.8 Å². The van der Waals surface area contributed by atoms with Crippen molar-refractivity contribution in [3.8, 4) is 0 Å². The highest BCUT2D eigenvalue weighted by atomic mass is 32.1. The molecular formula is C16H17N3O4S. The number of anilines is 1. The molecule has 0 spiro atoms. The Hall–Kier alpha value is -2.74. The molecule has 0 saturated carbocycles. The standard InChI is InChI=1S/C16H17N3O4S/c20-13(5-6-14-17-9-10-24-14)19-12-3-1-11(2-4-12)16(23)18-8-7-15(21)22/h1-4,9-10H,5-8H2,(H,18,23)(H,19,20)(H,21,22). The van der Waals surface area contributed by atoms with Crippen molar-refractivity contribution in [2.45, 2.75) is 19.3 Å². The zero-order valence-electron chi connectivity index (χ0n) is 12.8. The maximum Gasteiger partial charge on any atom is 0.305 e. The van der Waals surface area contributed by atoms with Crippen molar-refractivity contribution in [1.29, 1.82) is 0 Å². The molecule has 0 aliphatic heterocycles. The van der Waals surface area contributed by atoms with E-state index in [9.17, 15) is 14.4 Å². The number of aryl methyl sites for hydroxylation is 1. The fourth-order valence-corrected chi connectivity index (χ4v) is 2.53. The minimum Gasteiger partial charge on any atom is -0.481 e. The molecule has 0 radical (unpaired) electrons. The third-order valence-corrected chi connectivity index (χ3v) is 3.94. The molecule has 0 saturated heterocycles. The van der Waals surface area contributed by atoms with Crippen LogP contribution in [0.5, 0.6) is 0 Å². The first-order valence-electron chi connectivity index (χ1n) is 7.33. The van der Waals surface area contributed by atoms with E-state index in [1.165, 1.54) is 11.3 Å². The maximum absolute atomic E-state index is 11.9. The summed E-state index contributed by atoms with van der Waals surface area (Å²) >= 11 is 1.51. The lowest BCUT2D eigenvalue weighted by atomic mass is 10.2. The number of thiazole rings is 1. The minimum atomic E-state index is -0.967. The van der Waals surface area contributed by atoms with Crippen molar-refractivity contribution in [3.63, 3.8) is 0 Å². The first-order chi connectivity index (χ1) is 11.5. The fourth-order valence-electron chi connectivity index (χ4n) is 1.91. The number of nitrogens with one attached hydrogen (secondary N) is 2. The van der Waals surface area contributed by atoms with E-state index in [0.29, 0.717) is 24.1 Å². The van der Waals surface area contributed by atoms with Crippen LogP contribution in [-0.4, -0.2) is 34.4 Å². The van der Waals surface area contributed by atoms with Gasteiger partial charge in [-0.05, 0) is 24.3 Å². The lowest BCUT2D eigenvalue weighted by Crippen LogP contribution is -2.25. The molecule has 2 rings (SSSR count). The monoisotopic (exact) mass is 347 g/mol. The van der Waals surface area contributed by atoms with Crippen LogP contribution in [-0.2, 0) is 16.0 Å². The summed E-state index contributed by atoms with van der Waals surface area (Å²) in [6.45, 7) is 0.0728. The lowest BCUT2D eigenvalue weighted by Gasteiger charge is -2.07. The quantitative estimate of drug-likeness (QED) is 0.676. The van der Waals surface area contributed by atoms with E-state index in [1.807, 2.05) is 5.38 Å². The van der Waals surface area contributed by atoms with Crippen molar-refractivity contribution in [3.05, 3.63) is 46.4 Å². The molecule has 126 valence electrons. The Kier molecular flexibility index (Phi) is 6.44. The first kappa shape index (κ1) is 17.6. The number of carboxylic acid groups (broad SMARTS) is 1. The molecule has 24 heavy (non-hydrogen) atoms. The van der Waals surface area contributed by atoms with Crippen LogP contribution in [0.2, 0.25) is 0 Å². The topological polar surface area (TPSA) is 108 Å². The molecule has 0 bridgehead atoms. The second-order valence-corrected chi connectivity index (χ2v) is 5.93. The average Bonchev–Trinajstić information content (AvgIpc) is 3.06. The maximum atomic E-state index is 11.9. The Labute approximate surface area is 142 Å². The van der Waals surface area contributed by atoms with Gasteiger partial charge in [-0.15, -0.1) is 11.3 Å². The molecule has 1 aromatic carbocycles. The Balaban J connectivity index is 1.79. The lowest BCUT2D eigenvalue weighted by molar-refractivity contribution is -0.136. The predicted molar refractivity (Wildman–Crippen MR) is 90.1 cm³/mol. The van der Waals surface area contributed by atoms with Crippen molar-refractivity contribution in [1.82, 2.24) is 10.3 Å². The molecule has 0 aliphatic rings. The molecule has 2 amide bonds. The highest BCUT2D eigenvalue weighted by molar-refractivity contribution is 7.09. The first-order valence-corrected chi connectivity index (χ1v) is 8.21.